The highest BCUT2D eigenvalue weighted by atomic mass is 31.1. The fourth-order valence-corrected chi connectivity index (χ4v) is 0.808. The van der Waals surface area contributed by atoms with E-state index in [0.717, 1.165) is 0 Å². The molecule has 0 spiro atoms. The van der Waals surface area contributed by atoms with Crippen LogP contribution >= 0.6 is 18.0 Å². The molecule has 0 heterocycles. The molecule has 2 unspecified atom stereocenters. The number of hydrogen-bond acceptors (Lipinski definition) is 2. The molecular formula is C3H8O2P2. The fourth-order valence-electron chi connectivity index (χ4n) is 0.186. The summed E-state index contributed by atoms with van der Waals surface area (Å²) < 4.78 is 4.28. The molecule has 0 N–H and O–H groups in total. The van der Waals surface area contributed by atoms with Gasteiger partial charge < -0.3 is 4.52 Å². The molecule has 7 heavy (non-hydrogen) atoms. The largest absolute Gasteiger partial charge is 0.451 e. The minimum atomic E-state index is -0.147. The number of rotatable bonds is 2. The molecule has 0 bridgehead atoms. The van der Waals surface area contributed by atoms with Crippen molar-refractivity contribution in [2.75, 3.05) is 12.8 Å². The summed E-state index contributed by atoms with van der Waals surface area (Å²) in [6.45, 7) is 1.96. The van der Waals surface area contributed by atoms with Crippen LogP contribution in [0.1, 0.15) is 0 Å². The first-order valence-corrected chi connectivity index (χ1v) is 4.03. The summed E-state index contributed by atoms with van der Waals surface area (Å²) in [7, 11) is 2.58. The molecule has 0 aliphatic heterocycles. The van der Waals surface area contributed by atoms with Gasteiger partial charge in [-0.25, -0.2) is 0 Å². The maximum atomic E-state index is 10.2. The average molecular weight is 138 g/mol. The average Bonchev–Trinajstić information content (AvgIpc) is 1.68. The van der Waals surface area contributed by atoms with Crippen LogP contribution in [0.4, 0.5) is 0 Å². The van der Waals surface area contributed by atoms with Crippen molar-refractivity contribution in [2.45, 2.75) is 0 Å². The number of carbonyl (C=O) groups is 1. The zero-order valence-electron chi connectivity index (χ0n) is 4.10. The van der Waals surface area contributed by atoms with Gasteiger partial charge in [0, 0.05) is 0 Å². The Morgan fingerprint density at radius 3 is 2.71 bits per heavy atom. The lowest BCUT2D eigenvalue weighted by molar-refractivity contribution is -0.130. The molecule has 0 aromatic heterocycles. The van der Waals surface area contributed by atoms with Gasteiger partial charge in [-0.2, -0.15) is 0 Å². The van der Waals surface area contributed by atoms with E-state index in [0.29, 0.717) is 14.7 Å². The van der Waals surface area contributed by atoms with E-state index in [-0.39, 0.29) is 5.97 Å². The van der Waals surface area contributed by atoms with E-state index < -0.39 is 0 Å². The molecule has 0 saturated heterocycles. The van der Waals surface area contributed by atoms with Crippen molar-refractivity contribution >= 4 is 24.0 Å². The van der Waals surface area contributed by atoms with Crippen LogP contribution in [0.15, 0.2) is 0 Å². The molecular weight excluding hydrogens is 130 g/mol. The summed E-state index contributed by atoms with van der Waals surface area (Å²) in [6, 6.07) is 0. The smallest absolute Gasteiger partial charge is 0.312 e. The van der Waals surface area contributed by atoms with Crippen molar-refractivity contribution < 1.29 is 9.32 Å². The minimum absolute atomic E-state index is 0.147. The van der Waals surface area contributed by atoms with Gasteiger partial charge in [0.15, 0.2) is 0 Å². The van der Waals surface area contributed by atoms with Crippen molar-refractivity contribution in [3.05, 3.63) is 0 Å². The van der Waals surface area contributed by atoms with E-state index in [4.69, 9.17) is 0 Å². The molecule has 2 nitrogen and oxygen atoms in total. The Morgan fingerprint density at radius 1 is 2.00 bits per heavy atom. The second kappa shape index (κ2) is 4.49. The Bertz CT molecular complexity index is 64.0. The van der Waals surface area contributed by atoms with Crippen molar-refractivity contribution in [1.82, 2.24) is 0 Å². The molecule has 0 fully saturated rings. The Balaban J connectivity index is 3.00. The zero-order valence-corrected chi connectivity index (χ0v) is 6.26. The van der Waals surface area contributed by atoms with E-state index in [1.807, 2.05) is 16.1 Å². The molecule has 4 heteroatoms. The highest BCUT2D eigenvalue weighted by molar-refractivity contribution is 7.38. The summed E-state index contributed by atoms with van der Waals surface area (Å²) in [5.74, 6) is -0.147. The summed E-state index contributed by atoms with van der Waals surface area (Å²) in [4.78, 5) is 10.2. The van der Waals surface area contributed by atoms with Crippen LogP contribution in [0, 0.1) is 0 Å². The normalized spacial score (nSPS) is 10.0. The lowest BCUT2D eigenvalue weighted by Crippen LogP contribution is -1.96. The lowest BCUT2D eigenvalue weighted by atomic mass is 10.8. The highest BCUT2D eigenvalue weighted by Gasteiger charge is 1.92. The Hall–Kier alpha value is 0.330. The first kappa shape index (κ1) is 7.33. The summed E-state index contributed by atoms with van der Waals surface area (Å²) >= 11 is 0. The quantitative estimate of drug-likeness (QED) is 0.523. The van der Waals surface area contributed by atoms with Crippen LogP contribution in [0.5, 0.6) is 0 Å². The molecule has 0 saturated carbocycles. The van der Waals surface area contributed by atoms with Crippen LogP contribution in [-0.2, 0) is 9.32 Å². The van der Waals surface area contributed by atoms with Crippen molar-refractivity contribution in [2.24, 2.45) is 0 Å². The van der Waals surface area contributed by atoms with Crippen LogP contribution in [0.3, 0.4) is 0 Å². The van der Waals surface area contributed by atoms with Gasteiger partial charge in [-0.15, -0.1) is 8.58 Å². The van der Waals surface area contributed by atoms with E-state index in [2.05, 4.69) is 4.52 Å². The van der Waals surface area contributed by atoms with E-state index in [9.17, 15) is 4.79 Å². The maximum Gasteiger partial charge on any atom is 0.312 e. The minimum Gasteiger partial charge on any atom is -0.451 e. The first-order chi connectivity index (χ1) is 3.31. The molecule has 0 amide bonds. The Kier molecular flexibility index (Phi) is 4.70. The maximum absolute atomic E-state index is 10.2. The lowest BCUT2D eigenvalue weighted by Gasteiger charge is -1.90. The summed E-state index contributed by atoms with van der Waals surface area (Å²) in [6.07, 6.45) is 0.545. The van der Waals surface area contributed by atoms with E-state index in [1.165, 1.54) is 0 Å². The molecule has 0 rings (SSSR count). The SMILES string of the molecule is CPCC(=O)OP. The van der Waals surface area contributed by atoms with Gasteiger partial charge in [0.2, 0.25) is 0 Å². The molecule has 0 radical (unpaired) electrons. The monoisotopic (exact) mass is 138 g/mol. The van der Waals surface area contributed by atoms with E-state index >= 15 is 0 Å². The van der Waals surface area contributed by atoms with Crippen LogP contribution in [-0.4, -0.2) is 18.8 Å². The molecule has 0 aromatic carbocycles. The van der Waals surface area contributed by atoms with Crippen molar-refractivity contribution in [3.8, 4) is 0 Å². The van der Waals surface area contributed by atoms with Crippen LogP contribution < -0.4 is 0 Å². The van der Waals surface area contributed by atoms with E-state index in [1.54, 1.807) is 0 Å². The molecule has 0 aromatic rings. The predicted octanol–water partition coefficient (Wildman–Crippen LogP) is 0.628. The van der Waals surface area contributed by atoms with Gasteiger partial charge in [0.05, 0.1) is 15.6 Å². The van der Waals surface area contributed by atoms with Gasteiger partial charge >= 0.3 is 5.97 Å². The van der Waals surface area contributed by atoms with Gasteiger partial charge in [-0.3, -0.25) is 4.79 Å². The Morgan fingerprint density at radius 2 is 2.57 bits per heavy atom. The molecule has 0 aliphatic rings. The number of hydrogen-bond donors (Lipinski definition) is 0. The van der Waals surface area contributed by atoms with Gasteiger partial charge in [0.25, 0.3) is 0 Å². The molecule has 2 atom stereocenters. The predicted molar refractivity (Wildman–Crippen MR) is 34.9 cm³/mol. The standard InChI is InChI=1S/C3H8O2P2/c1-7-2-3(4)5-6/h7H,2,6H2,1H3. The third kappa shape index (κ3) is 4.18. The highest BCUT2D eigenvalue weighted by Crippen LogP contribution is 2.02. The van der Waals surface area contributed by atoms with Crippen molar-refractivity contribution in [3.63, 3.8) is 0 Å². The Labute approximate surface area is 47.1 Å². The van der Waals surface area contributed by atoms with Gasteiger partial charge in [0.1, 0.15) is 0 Å². The molecule has 42 valence electrons. The third-order valence-corrected chi connectivity index (χ3v) is 1.36. The second-order valence-corrected chi connectivity index (χ2v) is 2.32. The zero-order chi connectivity index (χ0) is 5.70. The summed E-state index contributed by atoms with van der Waals surface area (Å²) in [5.41, 5.74) is 0. The fraction of sp³-hybridized carbons (Fsp3) is 0.667. The number of carbonyl (C=O) groups excluding carboxylic acids is 1. The van der Waals surface area contributed by atoms with Crippen LogP contribution in [0.25, 0.3) is 0 Å². The van der Waals surface area contributed by atoms with Crippen molar-refractivity contribution in [1.29, 1.82) is 0 Å². The van der Waals surface area contributed by atoms with Gasteiger partial charge in [-0.1, -0.05) is 0 Å². The van der Waals surface area contributed by atoms with Crippen LogP contribution in [0.2, 0.25) is 0 Å². The molecule has 0 aliphatic carbocycles. The topological polar surface area (TPSA) is 26.3 Å². The van der Waals surface area contributed by atoms with Gasteiger partial charge in [-0.05, 0) is 6.66 Å². The third-order valence-electron chi connectivity index (χ3n) is 0.453. The summed E-state index contributed by atoms with van der Waals surface area (Å²) in [5, 5.41) is 0. The first-order valence-electron chi connectivity index (χ1n) is 1.85. The second-order valence-electron chi connectivity index (χ2n) is 1.02.